The normalized spacial score (nSPS) is 14.6. The number of hydrogen-bond acceptors (Lipinski definition) is 2. The van der Waals surface area contributed by atoms with Gasteiger partial charge >= 0.3 is 0 Å². The van der Waals surface area contributed by atoms with Crippen LogP contribution >= 0.6 is 15.9 Å². The second kappa shape index (κ2) is 3.83. The molecular formula is C10H8BrO2. The Morgan fingerprint density at radius 2 is 1.92 bits per heavy atom. The third-order valence-electron chi connectivity index (χ3n) is 1.80. The summed E-state index contributed by atoms with van der Waals surface area (Å²) in [4.78, 5) is 21.9. The number of Topliss-reactive ketones (excluding diaryl/α,β-unsaturated/α-hetero) is 1. The first kappa shape index (κ1) is 10.1. The van der Waals surface area contributed by atoms with E-state index in [1.807, 2.05) is 6.07 Å². The molecular weight excluding hydrogens is 232 g/mol. The molecule has 0 amide bonds. The van der Waals surface area contributed by atoms with E-state index < -0.39 is 4.32 Å². The van der Waals surface area contributed by atoms with Gasteiger partial charge in [-0.25, -0.2) is 0 Å². The summed E-state index contributed by atoms with van der Waals surface area (Å²) < 4.78 is -1.30. The number of hydrogen-bond donors (Lipinski definition) is 0. The molecule has 0 saturated heterocycles. The Bertz CT molecular complexity index is 321. The van der Waals surface area contributed by atoms with Gasteiger partial charge in [0, 0.05) is 0 Å². The van der Waals surface area contributed by atoms with Gasteiger partial charge in [-0.1, -0.05) is 46.3 Å². The lowest BCUT2D eigenvalue weighted by molar-refractivity contribution is -0.117. The van der Waals surface area contributed by atoms with Crippen LogP contribution in [0.25, 0.3) is 0 Å². The molecule has 0 aliphatic rings. The van der Waals surface area contributed by atoms with Crippen LogP contribution in [-0.4, -0.2) is 12.1 Å². The van der Waals surface area contributed by atoms with E-state index in [1.165, 1.54) is 6.92 Å². The molecule has 0 heterocycles. The molecule has 1 aromatic carbocycles. The largest absolute Gasteiger partial charge is 0.298 e. The molecule has 0 saturated carbocycles. The van der Waals surface area contributed by atoms with Gasteiger partial charge in [-0.2, -0.15) is 0 Å². The van der Waals surface area contributed by atoms with Crippen molar-refractivity contribution in [1.29, 1.82) is 0 Å². The van der Waals surface area contributed by atoms with Gasteiger partial charge in [0.05, 0.1) is 0 Å². The molecule has 1 unspecified atom stereocenters. The summed E-state index contributed by atoms with van der Waals surface area (Å²) in [5.41, 5.74) is 0.609. The highest BCUT2D eigenvalue weighted by molar-refractivity contribution is 9.10. The van der Waals surface area contributed by atoms with E-state index in [-0.39, 0.29) is 5.78 Å². The highest BCUT2D eigenvalue weighted by atomic mass is 79.9. The van der Waals surface area contributed by atoms with Crippen LogP contribution in [0, 0.1) is 0 Å². The average Bonchev–Trinajstić information content (AvgIpc) is 2.17. The standard InChI is InChI=1S/C10H8BrO2/c1-8(13)10(11,7-12)9-5-3-2-4-6-9/h2-6H,1H3. The molecule has 0 N–H and O–H groups in total. The highest BCUT2D eigenvalue weighted by Gasteiger charge is 2.34. The lowest BCUT2D eigenvalue weighted by Gasteiger charge is -2.16. The van der Waals surface area contributed by atoms with Gasteiger partial charge in [0.2, 0.25) is 6.29 Å². The molecule has 3 heteroatoms. The Morgan fingerprint density at radius 1 is 1.38 bits per heavy atom. The van der Waals surface area contributed by atoms with Gasteiger partial charge in [-0.05, 0) is 12.5 Å². The molecule has 2 nitrogen and oxygen atoms in total. The summed E-state index contributed by atoms with van der Waals surface area (Å²) in [6, 6.07) is 8.78. The van der Waals surface area contributed by atoms with Crippen molar-refractivity contribution in [2.45, 2.75) is 11.2 Å². The van der Waals surface area contributed by atoms with E-state index >= 15 is 0 Å². The van der Waals surface area contributed by atoms with E-state index in [1.54, 1.807) is 30.6 Å². The Kier molecular flexibility index (Phi) is 2.98. The number of carbonyl (C=O) groups excluding carboxylic acids is 2. The third-order valence-corrected chi connectivity index (χ3v) is 2.98. The smallest absolute Gasteiger partial charge is 0.229 e. The Hall–Kier alpha value is -0.960. The summed E-state index contributed by atoms with van der Waals surface area (Å²) in [5.74, 6) is -0.270. The minimum absolute atomic E-state index is 0.270. The first-order valence-electron chi connectivity index (χ1n) is 3.76. The van der Waals surface area contributed by atoms with Crippen LogP contribution in [0.3, 0.4) is 0 Å². The molecule has 1 atom stereocenters. The second-order valence-corrected chi connectivity index (χ2v) is 3.87. The maximum atomic E-state index is 11.2. The number of rotatable bonds is 3. The van der Waals surface area contributed by atoms with Crippen molar-refractivity contribution in [3.8, 4) is 0 Å². The van der Waals surface area contributed by atoms with Crippen LogP contribution in [0.15, 0.2) is 30.3 Å². The Balaban J connectivity index is 3.18. The van der Waals surface area contributed by atoms with Crippen molar-refractivity contribution in [1.82, 2.24) is 0 Å². The van der Waals surface area contributed by atoms with Gasteiger partial charge in [-0.15, -0.1) is 0 Å². The van der Waals surface area contributed by atoms with E-state index in [0.29, 0.717) is 5.56 Å². The lowest BCUT2D eigenvalue weighted by atomic mass is 9.97. The topological polar surface area (TPSA) is 34.1 Å². The van der Waals surface area contributed by atoms with Crippen molar-refractivity contribution in [3.05, 3.63) is 35.9 Å². The minimum atomic E-state index is -1.30. The Morgan fingerprint density at radius 3 is 2.31 bits per heavy atom. The van der Waals surface area contributed by atoms with Crippen molar-refractivity contribution in [2.75, 3.05) is 0 Å². The van der Waals surface area contributed by atoms with Crippen molar-refractivity contribution in [2.24, 2.45) is 0 Å². The lowest BCUT2D eigenvalue weighted by Crippen LogP contribution is -2.28. The molecule has 13 heavy (non-hydrogen) atoms. The van der Waals surface area contributed by atoms with E-state index in [2.05, 4.69) is 15.9 Å². The number of ketones is 1. The van der Waals surface area contributed by atoms with Crippen LogP contribution in [0.5, 0.6) is 0 Å². The van der Waals surface area contributed by atoms with E-state index in [9.17, 15) is 9.59 Å². The van der Waals surface area contributed by atoms with Crippen molar-refractivity contribution < 1.29 is 9.59 Å². The second-order valence-electron chi connectivity index (χ2n) is 2.68. The molecule has 1 radical (unpaired) electrons. The number of benzene rings is 1. The summed E-state index contributed by atoms with van der Waals surface area (Å²) in [6.07, 6.45) is 1.71. The van der Waals surface area contributed by atoms with E-state index in [4.69, 9.17) is 0 Å². The van der Waals surface area contributed by atoms with Crippen LogP contribution in [-0.2, 0) is 13.9 Å². The maximum absolute atomic E-state index is 11.2. The monoisotopic (exact) mass is 239 g/mol. The molecule has 1 rings (SSSR count). The average molecular weight is 240 g/mol. The summed E-state index contributed by atoms with van der Waals surface area (Å²) in [5, 5.41) is 0. The molecule has 1 aromatic rings. The molecule has 0 spiro atoms. The fourth-order valence-electron chi connectivity index (χ4n) is 1.00. The zero-order valence-corrected chi connectivity index (χ0v) is 8.67. The van der Waals surface area contributed by atoms with E-state index in [0.717, 1.165) is 0 Å². The Labute approximate surface area is 85.1 Å². The zero-order valence-electron chi connectivity index (χ0n) is 7.08. The zero-order chi connectivity index (χ0) is 9.90. The third kappa shape index (κ3) is 1.86. The first-order valence-corrected chi connectivity index (χ1v) is 4.55. The van der Waals surface area contributed by atoms with Gasteiger partial charge < -0.3 is 0 Å². The van der Waals surface area contributed by atoms with Crippen molar-refractivity contribution in [3.63, 3.8) is 0 Å². The summed E-state index contributed by atoms with van der Waals surface area (Å²) in [6.45, 7) is 1.35. The number of halogens is 1. The quantitative estimate of drug-likeness (QED) is 0.598. The predicted octanol–water partition coefficient (Wildman–Crippen LogP) is 1.98. The fraction of sp³-hybridized carbons (Fsp3) is 0.200. The predicted molar refractivity (Wildman–Crippen MR) is 53.4 cm³/mol. The van der Waals surface area contributed by atoms with Crippen LogP contribution in [0.4, 0.5) is 0 Å². The van der Waals surface area contributed by atoms with Crippen LogP contribution < -0.4 is 0 Å². The summed E-state index contributed by atoms with van der Waals surface area (Å²) in [7, 11) is 0. The molecule has 67 valence electrons. The van der Waals surface area contributed by atoms with Gasteiger partial charge in [-0.3, -0.25) is 9.59 Å². The van der Waals surface area contributed by atoms with Gasteiger partial charge in [0.25, 0.3) is 0 Å². The maximum Gasteiger partial charge on any atom is 0.229 e. The summed E-state index contributed by atoms with van der Waals surface area (Å²) >= 11 is 3.08. The highest BCUT2D eigenvalue weighted by Crippen LogP contribution is 2.29. The SMILES string of the molecule is CC(=O)C(Br)([C]=O)c1ccccc1. The molecule has 0 aliphatic carbocycles. The minimum Gasteiger partial charge on any atom is -0.298 e. The number of alkyl halides is 1. The first-order chi connectivity index (χ1) is 6.11. The van der Waals surface area contributed by atoms with Crippen LogP contribution in [0.2, 0.25) is 0 Å². The van der Waals surface area contributed by atoms with Gasteiger partial charge in [0.1, 0.15) is 0 Å². The molecule has 0 aromatic heterocycles. The fourth-order valence-corrected chi connectivity index (χ4v) is 1.27. The van der Waals surface area contributed by atoms with Crippen molar-refractivity contribution >= 4 is 28.0 Å². The molecule has 0 aliphatic heterocycles. The van der Waals surface area contributed by atoms with Crippen LogP contribution in [0.1, 0.15) is 12.5 Å². The van der Waals surface area contributed by atoms with Gasteiger partial charge in [0.15, 0.2) is 10.1 Å². The molecule has 0 bridgehead atoms. The number of carbonyl (C=O) groups is 1. The molecule has 0 fully saturated rings.